The highest BCUT2D eigenvalue weighted by atomic mass is 35.5. The summed E-state index contributed by atoms with van der Waals surface area (Å²) < 4.78 is 0. The number of aromatic amines is 1. The number of halogens is 1. The van der Waals surface area contributed by atoms with Gasteiger partial charge in [0.2, 0.25) is 5.82 Å². The van der Waals surface area contributed by atoms with Crippen LogP contribution in [-0.4, -0.2) is 72.7 Å². The second kappa shape index (κ2) is 7.94. The number of benzene rings is 1. The van der Waals surface area contributed by atoms with E-state index in [2.05, 4.69) is 25.5 Å². The van der Waals surface area contributed by atoms with Crippen molar-refractivity contribution in [2.75, 3.05) is 25.0 Å². The first kappa shape index (κ1) is 20.5. The Kier molecular flexibility index (Phi) is 5.09. The third kappa shape index (κ3) is 3.93. The first-order chi connectivity index (χ1) is 15.4. The number of piperazine rings is 1. The Labute approximate surface area is 188 Å². The number of nitrogens with zero attached hydrogens (tertiary/aromatic N) is 5. The molecule has 2 aromatic heterocycles. The smallest absolute Gasteiger partial charge is 0.407 e. The third-order valence-corrected chi connectivity index (χ3v) is 6.11. The molecule has 11 heteroatoms. The van der Waals surface area contributed by atoms with Crippen molar-refractivity contribution in [2.45, 2.75) is 31.7 Å². The Bertz CT molecular complexity index is 1210. The number of carbonyl (C=O) groups excluding carboxylic acids is 1. The predicted molar refractivity (Wildman–Crippen MR) is 118 cm³/mol. The van der Waals surface area contributed by atoms with E-state index in [1.54, 1.807) is 30.0 Å². The highest BCUT2D eigenvalue weighted by Crippen LogP contribution is 2.39. The van der Waals surface area contributed by atoms with E-state index in [4.69, 9.17) is 11.6 Å². The third-order valence-electron chi connectivity index (χ3n) is 5.87. The molecule has 5 rings (SSSR count). The molecule has 1 atom stereocenters. The number of hydrogen-bond acceptors (Lipinski definition) is 6. The Balaban J connectivity index is 1.46. The fourth-order valence-corrected chi connectivity index (χ4v) is 4.16. The zero-order chi connectivity index (χ0) is 22.4. The predicted octanol–water partition coefficient (Wildman–Crippen LogP) is 3.45. The van der Waals surface area contributed by atoms with Gasteiger partial charge < -0.3 is 20.2 Å². The Morgan fingerprint density at radius 2 is 2.03 bits per heavy atom. The number of carbonyl (C=O) groups is 2. The number of hydrogen-bond donors (Lipinski definition) is 3. The first-order valence-corrected chi connectivity index (χ1v) is 10.9. The van der Waals surface area contributed by atoms with Gasteiger partial charge in [-0.05, 0) is 38.0 Å². The molecule has 1 aliphatic carbocycles. The summed E-state index contributed by atoms with van der Waals surface area (Å²) >= 11 is 6.19. The molecule has 0 spiro atoms. The lowest BCUT2D eigenvalue weighted by Crippen LogP contribution is -2.55. The molecular formula is C21H22ClN7O3. The molecule has 0 radical (unpaired) electrons. The van der Waals surface area contributed by atoms with Crippen molar-refractivity contribution in [3.63, 3.8) is 0 Å². The highest BCUT2D eigenvalue weighted by molar-refractivity contribution is 6.31. The van der Waals surface area contributed by atoms with Crippen LogP contribution in [0.5, 0.6) is 0 Å². The van der Waals surface area contributed by atoms with E-state index in [1.165, 1.54) is 4.90 Å². The van der Waals surface area contributed by atoms with Crippen LogP contribution in [0.4, 0.5) is 16.4 Å². The van der Waals surface area contributed by atoms with Gasteiger partial charge in [-0.3, -0.25) is 9.89 Å². The monoisotopic (exact) mass is 455 g/mol. The van der Waals surface area contributed by atoms with Crippen molar-refractivity contribution in [3.8, 4) is 0 Å². The molecule has 10 nitrogen and oxygen atoms in total. The minimum Gasteiger partial charge on any atom is -0.465 e. The van der Waals surface area contributed by atoms with Crippen LogP contribution in [0.3, 0.4) is 0 Å². The minimum atomic E-state index is -0.987. The van der Waals surface area contributed by atoms with Crippen LogP contribution >= 0.6 is 11.6 Å². The largest absolute Gasteiger partial charge is 0.465 e. The lowest BCUT2D eigenvalue weighted by molar-refractivity contribution is 0.0497. The first-order valence-electron chi connectivity index (χ1n) is 10.5. The Hall–Kier alpha value is -3.40. The molecule has 1 saturated carbocycles. The molecule has 2 aliphatic rings. The molecule has 3 N–H and O–H groups in total. The number of fused-ring (bicyclic) bond motifs is 1. The van der Waals surface area contributed by atoms with Crippen LogP contribution in [-0.2, 0) is 0 Å². The molecule has 166 valence electrons. The zero-order valence-electron chi connectivity index (χ0n) is 17.4. The van der Waals surface area contributed by atoms with E-state index in [9.17, 15) is 14.7 Å². The molecule has 3 aromatic rings. The molecule has 1 aliphatic heterocycles. The van der Waals surface area contributed by atoms with Crippen LogP contribution in [0.2, 0.25) is 5.02 Å². The van der Waals surface area contributed by atoms with E-state index >= 15 is 0 Å². The molecule has 0 bridgehead atoms. The van der Waals surface area contributed by atoms with Crippen molar-refractivity contribution >= 4 is 46.1 Å². The molecule has 2 fully saturated rings. The molecule has 1 saturated heterocycles. The topological polar surface area (TPSA) is 127 Å². The number of anilines is 2. The van der Waals surface area contributed by atoms with Gasteiger partial charge in [-0.2, -0.15) is 5.10 Å². The van der Waals surface area contributed by atoms with E-state index in [-0.39, 0.29) is 37.4 Å². The Morgan fingerprint density at radius 3 is 2.75 bits per heavy atom. The molecule has 3 heterocycles. The maximum atomic E-state index is 13.2. The summed E-state index contributed by atoms with van der Waals surface area (Å²) in [5, 5.41) is 21.0. The highest BCUT2D eigenvalue weighted by Gasteiger charge is 2.31. The van der Waals surface area contributed by atoms with Crippen LogP contribution in [0.25, 0.3) is 10.9 Å². The van der Waals surface area contributed by atoms with Gasteiger partial charge in [0.05, 0.1) is 5.52 Å². The number of amides is 2. The minimum absolute atomic E-state index is 0.0382. The summed E-state index contributed by atoms with van der Waals surface area (Å²) in [4.78, 5) is 36.4. The Morgan fingerprint density at radius 1 is 1.22 bits per heavy atom. The van der Waals surface area contributed by atoms with Gasteiger partial charge in [-0.25, -0.2) is 14.8 Å². The van der Waals surface area contributed by atoms with E-state index in [0.29, 0.717) is 33.5 Å². The van der Waals surface area contributed by atoms with E-state index in [1.807, 2.05) is 6.07 Å². The summed E-state index contributed by atoms with van der Waals surface area (Å²) in [6.07, 6.45) is 1.32. The van der Waals surface area contributed by atoms with Gasteiger partial charge in [0.1, 0.15) is 5.82 Å². The van der Waals surface area contributed by atoms with Crippen LogP contribution < -0.4 is 5.32 Å². The zero-order valence-corrected chi connectivity index (χ0v) is 18.1. The normalized spacial score (nSPS) is 18.8. The second-order valence-corrected chi connectivity index (χ2v) is 8.68. The van der Waals surface area contributed by atoms with Crippen molar-refractivity contribution in [3.05, 3.63) is 40.8 Å². The summed E-state index contributed by atoms with van der Waals surface area (Å²) in [6, 6.07) is 6.83. The van der Waals surface area contributed by atoms with Crippen molar-refractivity contribution < 1.29 is 14.7 Å². The molecule has 0 unspecified atom stereocenters. The maximum absolute atomic E-state index is 13.2. The number of rotatable bonds is 4. The summed E-state index contributed by atoms with van der Waals surface area (Å²) in [6.45, 7) is 2.58. The number of nitrogens with one attached hydrogen (secondary N) is 2. The fourth-order valence-electron chi connectivity index (χ4n) is 3.98. The van der Waals surface area contributed by atoms with Crippen LogP contribution in [0.15, 0.2) is 24.3 Å². The number of carboxylic acid groups (broad SMARTS) is 1. The van der Waals surface area contributed by atoms with Gasteiger partial charge in [-0.1, -0.05) is 11.6 Å². The van der Waals surface area contributed by atoms with Gasteiger partial charge in [0, 0.05) is 53.8 Å². The second-order valence-electron chi connectivity index (χ2n) is 8.24. The summed E-state index contributed by atoms with van der Waals surface area (Å²) in [7, 11) is 0. The summed E-state index contributed by atoms with van der Waals surface area (Å²) in [5.74, 6) is 1.26. The van der Waals surface area contributed by atoms with Gasteiger partial charge in [0.25, 0.3) is 5.91 Å². The fraction of sp³-hybridized carbons (Fsp3) is 0.381. The lowest BCUT2D eigenvalue weighted by atomic mass is 10.2. The molecule has 1 aromatic carbocycles. The number of H-pyrrole nitrogens is 1. The average Bonchev–Trinajstić information content (AvgIpc) is 3.52. The van der Waals surface area contributed by atoms with Gasteiger partial charge in [-0.15, -0.1) is 0 Å². The van der Waals surface area contributed by atoms with Gasteiger partial charge >= 0.3 is 6.09 Å². The van der Waals surface area contributed by atoms with Crippen LogP contribution in [0.1, 0.15) is 42.0 Å². The van der Waals surface area contributed by atoms with E-state index < -0.39 is 6.09 Å². The average molecular weight is 456 g/mol. The van der Waals surface area contributed by atoms with Crippen molar-refractivity contribution in [1.82, 2.24) is 30.0 Å². The van der Waals surface area contributed by atoms with Crippen LogP contribution in [0, 0.1) is 0 Å². The molecule has 2 amide bonds. The van der Waals surface area contributed by atoms with Crippen molar-refractivity contribution in [2.24, 2.45) is 0 Å². The van der Waals surface area contributed by atoms with Gasteiger partial charge in [0.15, 0.2) is 5.82 Å². The molecule has 32 heavy (non-hydrogen) atoms. The quantitative estimate of drug-likeness (QED) is 0.549. The van der Waals surface area contributed by atoms with E-state index in [0.717, 1.165) is 18.5 Å². The standard InChI is InChI=1S/C21H22ClN7O3/c1-11-10-28(6-7-29(11)21(31)32)20(30)19-23-15-5-4-13(22)8-14(15)18(25-19)24-17-9-16(26-27-17)12-2-3-12/h4-5,8-9,11-12H,2-3,6-7,10H2,1H3,(H,31,32)(H2,23,24,25,26,27)/t11-/m1/s1. The SMILES string of the molecule is C[C@@H]1CN(C(=O)c2nc(Nc3cc(C4CC4)[nH]n3)c3cc(Cl)ccc3n2)CCN1C(=O)O. The number of aromatic nitrogens is 4. The maximum Gasteiger partial charge on any atom is 0.407 e. The summed E-state index contributed by atoms with van der Waals surface area (Å²) in [5.41, 5.74) is 1.65. The van der Waals surface area contributed by atoms with Crippen molar-refractivity contribution in [1.29, 1.82) is 0 Å². The molecular weight excluding hydrogens is 434 g/mol. The lowest BCUT2D eigenvalue weighted by Gasteiger charge is -2.37.